The van der Waals surface area contributed by atoms with Gasteiger partial charge in [-0.2, -0.15) is 0 Å². The van der Waals surface area contributed by atoms with E-state index in [9.17, 15) is 29.1 Å². The average molecular weight is 1370 g/mol. The smallest absolute Gasteiger partial charge is 0.246 e. The quantitative estimate of drug-likeness (QED) is 0.0278. The van der Waals surface area contributed by atoms with Crippen LogP contribution in [0, 0.1) is 0 Å². The van der Waals surface area contributed by atoms with Crippen molar-refractivity contribution in [3.63, 3.8) is 0 Å². The van der Waals surface area contributed by atoms with Crippen LogP contribution in [0.25, 0.3) is 0 Å². The first kappa shape index (κ1) is 91.5. The summed E-state index contributed by atoms with van der Waals surface area (Å²) in [5, 5.41) is 28.3. The molecule has 95 heavy (non-hydrogen) atoms. The molecular weight excluding hydrogens is 1240 g/mol. The number of amides is 5. The predicted octanol–water partition coefficient (Wildman–Crippen LogP) is -1.18. The molecule has 0 aliphatic rings. The number of hydrogen-bond donors (Lipinski definition) is 7. The second-order valence-electron chi connectivity index (χ2n) is 23.4. The molecule has 0 aromatic carbocycles. The van der Waals surface area contributed by atoms with Crippen LogP contribution in [-0.4, -0.2) is 390 Å². The summed E-state index contributed by atoms with van der Waals surface area (Å²) in [7, 11) is 14.0. The van der Waals surface area contributed by atoms with Crippen LogP contribution >= 0.6 is 0 Å². The van der Waals surface area contributed by atoms with Crippen molar-refractivity contribution in [2.75, 3.05) is 320 Å². The molecule has 0 bridgehead atoms. The van der Waals surface area contributed by atoms with Crippen molar-refractivity contribution in [1.29, 1.82) is 0 Å². The molecule has 0 saturated heterocycles. The molecule has 0 fully saturated rings. The van der Waals surface area contributed by atoms with E-state index in [4.69, 9.17) is 56.8 Å². The Hall–Kier alpha value is -3.45. The molecule has 0 spiro atoms. The zero-order valence-corrected chi connectivity index (χ0v) is 60.2. The first-order valence-electron chi connectivity index (χ1n) is 34.7. The molecule has 0 heterocycles. The molecule has 5 amide bonds. The Kier molecular flexibility index (Phi) is 67.9. The largest absolute Gasteiger partial charge is 0.382 e. The van der Waals surface area contributed by atoms with E-state index < -0.39 is 6.23 Å². The van der Waals surface area contributed by atoms with Crippen LogP contribution in [0.5, 0.6) is 0 Å². The van der Waals surface area contributed by atoms with Gasteiger partial charge in [-0.1, -0.05) is 0 Å². The van der Waals surface area contributed by atoms with Crippen LogP contribution in [0.15, 0.2) is 0 Å². The highest BCUT2D eigenvalue weighted by molar-refractivity contribution is 5.78. The van der Waals surface area contributed by atoms with E-state index in [2.05, 4.69) is 75.4 Å². The number of nitrogens with one attached hydrogen (secondary N) is 6. The topological polar surface area (TPSA) is 308 Å². The Balaban J connectivity index is 5.91. The van der Waals surface area contributed by atoms with E-state index in [0.717, 1.165) is 175 Å². The van der Waals surface area contributed by atoms with Gasteiger partial charge in [-0.3, -0.25) is 29.3 Å². The van der Waals surface area contributed by atoms with Crippen molar-refractivity contribution in [2.24, 2.45) is 0 Å². The van der Waals surface area contributed by atoms with Gasteiger partial charge in [0.2, 0.25) is 29.5 Å². The van der Waals surface area contributed by atoms with Crippen LogP contribution in [0.4, 0.5) is 0 Å². The number of nitrogens with zero attached hydrogens (tertiary/aromatic N) is 6. The van der Waals surface area contributed by atoms with Gasteiger partial charge in [0, 0.05) is 75.4 Å². The Morgan fingerprint density at radius 2 is 0.484 bits per heavy atom. The summed E-state index contributed by atoms with van der Waals surface area (Å²) in [5.74, 6) is -0.771. The summed E-state index contributed by atoms with van der Waals surface area (Å²) in [5.41, 5.74) is 0. The predicted molar refractivity (Wildman–Crippen MR) is 367 cm³/mol. The molecule has 0 aliphatic heterocycles. The lowest BCUT2D eigenvalue weighted by atomic mass is 10.2. The fourth-order valence-corrected chi connectivity index (χ4v) is 9.75. The summed E-state index contributed by atoms with van der Waals surface area (Å²) in [6.07, 6.45) is 8.89. The lowest BCUT2D eigenvalue weighted by Gasteiger charge is -2.28. The molecule has 1 unspecified atom stereocenters. The molecule has 0 aromatic rings. The van der Waals surface area contributed by atoms with Crippen molar-refractivity contribution < 1.29 is 85.9 Å². The number of aliphatic hydroxyl groups is 1. The van der Waals surface area contributed by atoms with Gasteiger partial charge in [0.05, 0.1) is 85.9 Å². The maximum atomic E-state index is 12.5. The minimum absolute atomic E-state index is 0.0138. The molecule has 0 radical (unpaired) electrons. The van der Waals surface area contributed by atoms with Crippen molar-refractivity contribution in [2.45, 2.75) is 76.9 Å². The lowest BCUT2D eigenvalue weighted by Crippen LogP contribution is -2.38. The highest BCUT2D eigenvalue weighted by Gasteiger charge is 2.15. The van der Waals surface area contributed by atoms with Gasteiger partial charge < -0.3 is 118 Å². The molecule has 30 nitrogen and oxygen atoms in total. The third-order valence-electron chi connectivity index (χ3n) is 14.9. The van der Waals surface area contributed by atoms with Crippen LogP contribution in [0.2, 0.25) is 0 Å². The third kappa shape index (κ3) is 65.0. The Labute approximate surface area is 571 Å². The van der Waals surface area contributed by atoms with Crippen molar-refractivity contribution in [3.8, 4) is 0 Å². The highest BCUT2D eigenvalue weighted by atomic mass is 16.5. The van der Waals surface area contributed by atoms with Crippen LogP contribution in [-0.2, 0) is 80.8 Å². The lowest BCUT2D eigenvalue weighted by molar-refractivity contribution is -0.126. The van der Waals surface area contributed by atoms with E-state index in [1.807, 2.05) is 0 Å². The standard InChI is InChI=1S/C65H134N12O18/c1-72(28-16-36-74(30-9-20-66-60(78)54-90-48-42-84-3)31-10-21-67-61(79)55-91-49-43-85-4)26-15-27-73(2)29-17-37-77(40-18-38-75(32-11-22-68-62(80)56-92-50-44-86-5)33-12-23-69-63(81)57-93-51-45-87-6)41-19-39-76(34-13-24-70-64(82)58-94-52-46-88-7)35-14-25-71-65(83)59-95-53-47-89-8/h60,66,78H,9-59H2,1-8H3,(H,67,79)(H,68,80)(H,69,81)(H,70,82)(H,71,83). The van der Waals surface area contributed by atoms with Gasteiger partial charge in [-0.15, -0.1) is 0 Å². The summed E-state index contributed by atoms with van der Waals surface area (Å²) in [4.78, 5) is 76.8. The third-order valence-corrected chi connectivity index (χ3v) is 14.9. The van der Waals surface area contributed by atoms with Gasteiger partial charge in [0.1, 0.15) is 39.3 Å². The van der Waals surface area contributed by atoms with Crippen LogP contribution in [0.1, 0.15) is 70.6 Å². The van der Waals surface area contributed by atoms with E-state index in [0.29, 0.717) is 119 Å². The second kappa shape index (κ2) is 70.4. The zero-order valence-electron chi connectivity index (χ0n) is 60.2. The summed E-state index contributed by atoms with van der Waals surface area (Å²) >= 11 is 0. The number of aliphatic hydroxyl groups excluding tert-OH is 1. The average Bonchev–Trinajstić information content (AvgIpc) is 3.64. The number of ether oxygens (including phenoxy) is 12. The van der Waals surface area contributed by atoms with Crippen LogP contribution < -0.4 is 31.9 Å². The summed E-state index contributed by atoms with van der Waals surface area (Å²) in [6.45, 7) is 22.3. The maximum Gasteiger partial charge on any atom is 0.246 e. The van der Waals surface area contributed by atoms with Gasteiger partial charge >= 0.3 is 0 Å². The van der Waals surface area contributed by atoms with Crippen molar-refractivity contribution in [1.82, 2.24) is 61.3 Å². The minimum atomic E-state index is -0.745. The number of methoxy groups -OCH3 is 6. The first-order valence-corrected chi connectivity index (χ1v) is 34.7. The van der Waals surface area contributed by atoms with Gasteiger partial charge in [0.15, 0.2) is 0 Å². The Morgan fingerprint density at radius 1 is 0.284 bits per heavy atom. The summed E-state index contributed by atoms with van der Waals surface area (Å²) < 4.78 is 62.5. The monoisotopic (exact) mass is 1370 g/mol. The highest BCUT2D eigenvalue weighted by Crippen LogP contribution is 2.06. The molecular formula is C65H134N12O18. The van der Waals surface area contributed by atoms with E-state index in [1.165, 1.54) is 0 Å². The van der Waals surface area contributed by atoms with Gasteiger partial charge in [-0.25, -0.2) is 0 Å². The molecule has 0 aromatic heterocycles. The fraction of sp³-hybridized carbons (Fsp3) is 0.923. The molecule has 1 atom stereocenters. The molecule has 7 N–H and O–H groups in total. The van der Waals surface area contributed by atoms with Gasteiger partial charge in [-0.05, 0) is 196 Å². The number of carbonyl (C=O) groups excluding carboxylic acids is 5. The van der Waals surface area contributed by atoms with E-state index >= 15 is 0 Å². The number of carbonyl (C=O) groups is 5. The molecule has 562 valence electrons. The second-order valence-corrected chi connectivity index (χ2v) is 23.4. The first-order chi connectivity index (χ1) is 46.3. The number of hydrogen-bond acceptors (Lipinski definition) is 25. The SMILES string of the molecule is COCCOCC(=O)NCCCN(CCCNC(O)COCCOC)CCCN(C)CCCN(C)CCCN(CCCN(CCCNC(=O)COCCOC)CCCNC(=O)COCCOC)CCCN(CCCNC(=O)COCCOC)CCCNC(=O)COCCOC. The molecule has 0 rings (SSSR count). The van der Waals surface area contributed by atoms with Crippen molar-refractivity contribution >= 4 is 29.5 Å². The van der Waals surface area contributed by atoms with E-state index in [1.54, 1.807) is 42.7 Å². The molecule has 30 heteroatoms. The summed E-state index contributed by atoms with van der Waals surface area (Å²) in [6, 6.07) is 0. The Morgan fingerprint density at radius 3 is 0.726 bits per heavy atom. The fourth-order valence-electron chi connectivity index (χ4n) is 9.75. The molecule has 0 saturated carbocycles. The van der Waals surface area contributed by atoms with Crippen molar-refractivity contribution in [3.05, 3.63) is 0 Å². The van der Waals surface area contributed by atoms with Gasteiger partial charge in [0.25, 0.3) is 0 Å². The minimum Gasteiger partial charge on any atom is -0.382 e. The Bertz CT molecular complexity index is 1610. The van der Waals surface area contributed by atoms with E-state index in [-0.39, 0.29) is 69.2 Å². The zero-order chi connectivity index (χ0) is 69.7. The normalized spacial score (nSPS) is 12.1. The number of rotatable bonds is 75. The molecule has 0 aliphatic carbocycles. The maximum absolute atomic E-state index is 12.5. The van der Waals surface area contributed by atoms with Crippen LogP contribution in [0.3, 0.4) is 0 Å².